The average molecular weight is 371 g/mol. The summed E-state index contributed by atoms with van der Waals surface area (Å²) in [6.07, 6.45) is 0.182. The summed E-state index contributed by atoms with van der Waals surface area (Å²) in [7, 11) is 0. The molecule has 1 amide bonds. The van der Waals surface area contributed by atoms with Gasteiger partial charge in [0.15, 0.2) is 0 Å². The molecular weight excluding hydrogens is 352 g/mol. The summed E-state index contributed by atoms with van der Waals surface area (Å²) in [4.78, 5) is 26.7. The first-order valence-corrected chi connectivity index (χ1v) is 8.81. The van der Waals surface area contributed by atoms with E-state index >= 15 is 0 Å². The lowest BCUT2D eigenvalue weighted by Crippen LogP contribution is -2.33. The van der Waals surface area contributed by atoms with Crippen molar-refractivity contribution < 1.29 is 4.79 Å². The summed E-state index contributed by atoms with van der Waals surface area (Å²) in [5, 5.41) is 9.10. The van der Waals surface area contributed by atoms with E-state index in [0.29, 0.717) is 29.0 Å². The van der Waals surface area contributed by atoms with Crippen LogP contribution in [0.3, 0.4) is 0 Å². The van der Waals surface area contributed by atoms with Gasteiger partial charge in [-0.25, -0.2) is 4.68 Å². The lowest BCUT2D eigenvalue weighted by Gasteiger charge is -2.21. The predicted octanol–water partition coefficient (Wildman–Crippen LogP) is 2.88. The van der Waals surface area contributed by atoms with Gasteiger partial charge in [-0.3, -0.25) is 9.59 Å². The first-order valence-electron chi connectivity index (χ1n) is 8.43. The van der Waals surface area contributed by atoms with Crippen LogP contribution in [0.4, 0.5) is 0 Å². The number of fused-ring (bicyclic) bond motifs is 1. The number of carbonyl (C=O) groups excluding carboxylic acids is 1. The minimum Gasteiger partial charge on any atom is -0.339 e. The Morgan fingerprint density at radius 3 is 2.77 bits per heavy atom. The van der Waals surface area contributed by atoms with Crippen LogP contribution in [0, 0.1) is 0 Å². The number of hydrogen-bond acceptors (Lipinski definition) is 4. The predicted molar refractivity (Wildman–Crippen MR) is 101 cm³/mol. The first-order chi connectivity index (χ1) is 12.6. The van der Waals surface area contributed by atoms with Crippen LogP contribution in [-0.4, -0.2) is 32.3 Å². The molecule has 0 saturated carbocycles. The Morgan fingerprint density at radius 2 is 2.00 bits per heavy atom. The SMILES string of the molecule is CCN(Cc1cccc(Cl)c1)C(=O)CCn1nnc2ccccc2c1=O. The molecule has 0 radical (unpaired) electrons. The Kier molecular flexibility index (Phi) is 5.63. The molecule has 0 bridgehead atoms. The van der Waals surface area contributed by atoms with E-state index in [1.807, 2.05) is 25.1 Å². The Morgan fingerprint density at radius 1 is 1.19 bits per heavy atom. The van der Waals surface area contributed by atoms with E-state index in [1.54, 1.807) is 35.2 Å². The molecule has 0 spiro atoms. The van der Waals surface area contributed by atoms with Crippen LogP contribution in [0.1, 0.15) is 18.9 Å². The number of hydrogen-bond donors (Lipinski definition) is 0. The normalized spacial score (nSPS) is 10.8. The number of rotatable bonds is 6. The molecule has 0 fully saturated rings. The third kappa shape index (κ3) is 4.08. The Bertz CT molecular complexity index is 986. The Labute approximate surface area is 156 Å². The molecule has 0 aliphatic heterocycles. The minimum atomic E-state index is -0.235. The highest BCUT2D eigenvalue weighted by Crippen LogP contribution is 2.13. The number of nitrogens with zero attached hydrogens (tertiary/aromatic N) is 4. The number of aromatic nitrogens is 3. The second-order valence-corrected chi connectivity index (χ2v) is 6.36. The van der Waals surface area contributed by atoms with Crippen LogP contribution in [0.25, 0.3) is 10.9 Å². The lowest BCUT2D eigenvalue weighted by molar-refractivity contribution is -0.131. The fourth-order valence-electron chi connectivity index (χ4n) is 2.76. The van der Waals surface area contributed by atoms with Crippen molar-refractivity contribution in [2.24, 2.45) is 0 Å². The third-order valence-corrected chi connectivity index (χ3v) is 4.40. The molecule has 0 N–H and O–H groups in total. The third-order valence-electron chi connectivity index (χ3n) is 4.16. The monoisotopic (exact) mass is 370 g/mol. The zero-order valence-electron chi connectivity index (χ0n) is 14.4. The molecule has 3 rings (SSSR count). The number of carbonyl (C=O) groups is 1. The van der Waals surface area contributed by atoms with Gasteiger partial charge in [0.1, 0.15) is 5.52 Å². The number of aryl methyl sites for hydroxylation is 1. The molecule has 0 aliphatic rings. The van der Waals surface area contributed by atoms with Crippen LogP contribution in [0.5, 0.6) is 0 Å². The zero-order valence-corrected chi connectivity index (χ0v) is 15.2. The molecule has 6 nitrogen and oxygen atoms in total. The molecule has 26 heavy (non-hydrogen) atoms. The molecule has 0 atom stereocenters. The van der Waals surface area contributed by atoms with Gasteiger partial charge in [-0.15, -0.1) is 5.10 Å². The van der Waals surface area contributed by atoms with Crippen molar-refractivity contribution in [3.05, 3.63) is 69.5 Å². The second-order valence-electron chi connectivity index (χ2n) is 5.92. The maximum absolute atomic E-state index is 12.5. The highest BCUT2D eigenvalue weighted by atomic mass is 35.5. The van der Waals surface area contributed by atoms with Crippen molar-refractivity contribution in [1.29, 1.82) is 0 Å². The highest BCUT2D eigenvalue weighted by molar-refractivity contribution is 6.30. The van der Waals surface area contributed by atoms with Gasteiger partial charge in [-0.2, -0.15) is 0 Å². The van der Waals surface area contributed by atoms with E-state index in [4.69, 9.17) is 11.6 Å². The van der Waals surface area contributed by atoms with Gasteiger partial charge in [-0.1, -0.05) is 41.1 Å². The maximum Gasteiger partial charge on any atom is 0.277 e. The summed E-state index contributed by atoms with van der Waals surface area (Å²) < 4.78 is 1.24. The summed E-state index contributed by atoms with van der Waals surface area (Å²) in [6, 6.07) is 14.5. The summed E-state index contributed by atoms with van der Waals surface area (Å²) in [5.41, 5.74) is 1.29. The van der Waals surface area contributed by atoms with Gasteiger partial charge in [-0.05, 0) is 36.8 Å². The molecule has 134 valence electrons. The van der Waals surface area contributed by atoms with Gasteiger partial charge < -0.3 is 4.90 Å². The first kappa shape index (κ1) is 18.1. The van der Waals surface area contributed by atoms with Crippen LogP contribution in [0.2, 0.25) is 5.02 Å². The minimum absolute atomic E-state index is 0.0469. The number of halogens is 1. The molecule has 1 heterocycles. The van der Waals surface area contributed by atoms with E-state index in [9.17, 15) is 9.59 Å². The topological polar surface area (TPSA) is 68.1 Å². The highest BCUT2D eigenvalue weighted by Gasteiger charge is 2.14. The fraction of sp³-hybridized carbons (Fsp3) is 0.263. The van der Waals surface area contributed by atoms with Gasteiger partial charge in [0.05, 0.1) is 11.9 Å². The van der Waals surface area contributed by atoms with Crippen LogP contribution >= 0.6 is 11.6 Å². The molecular formula is C19H19ClN4O2. The molecule has 1 aromatic heterocycles. The van der Waals surface area contributed by atoms with Crippen LogP contribution in [-0.2, 0) is 17.9 Å². The summed E-state index contributed by atoms with van der Waals surface area (Å²) in [5.74, 6) is -0.0469. The van der Waals surface area contributed by atoms with Crippen molar-refractivity contribution in [2.45, 2.75) is 26.4 Å². The van der Waals surface area contributed by atoms with Crippen molar-refractivity contribution >= 4 is 28.4 Å². The van der Waals surface area contributed by atoms with Crippen molar-refractivity contribution in [3.63, 3.8) is 0 Å². The average Bonchev–Trinajstić information content (AvgIpc) is 2.65. The standard InChI is InChI=1S/C19H19ClN4O2/c1-2-23(13-14-6-5-7-15(20)12-14)18(25)10-11-24-19(26)16-8-3-4-9-17(16)21-22-24/h3-9,12H,2,10-11,13H2,1H3. The molecule has 0 aliphatic carbocycles. The molecule has 0 unspecified atom stereocenters. The zero-order chi connectivity index (χ0) is 18.5. The van der Waals surface area contributed by atoms with Crippen LogP contribution in [0.15, 0.2) is 53.3 Å². The fourth-order valence-corrected chi connectivity index (χ4v) is 2.97. The summed E-state index contributed by atoms with van der Waals surface area (Å²) >= 11 is 6.00. The number of benzene rings is 2. The van der Waals surface area contributed by atoms with Crippen molar-refractivity contribution in [1.82, 2.24) is 19.9 Å². The molecule has 0 saturated heterocycles. The van der Waals surface area contributed by atoms with Crippen molar-refractivity contribution in [2.75, 3.05) is 6.54 Å². The maximum atomic E-state index is 12.5. The van der Waals surface area contributed by atoms with E-state index in [-0.39, 0.29) is 24.4 Å². The smallest absolute Gasteiger partial charge is 0.277 e. The van der Waals surface area contributed by atoms with Crippen LogP contribution < -0.4 is 5.56 Å². The molecule has 3 aromatic rings. The second kappa shape index (κ2) is 8.10. The quantitative estimate of drug-likeness (QED) is 0.669. The van der Waals surface area contributed by atoms with E-state index < -0.39 is 0 Å². The van der Waals surface area contributed by atoms with E-state index in [1.165, 1.54) is 4.68 Å². The van der Waals surface area contributed by atoms with Gasteiger partial charge in [0.25, 0.3) is 5.56 Å². The Hall–Kier alpha value is -2.73. The largest absolute Gasteiger partial charge is 0.339 e. The van der Waals surface area contributed by atoms with Gasteiger partial charge >= 0.3 is 0 Å². The number of amides is 1. The van der Waals surface area contributed by atoms with E-state index in [0.717, 1.165) is 5.56 Å². The van der Waals surface area contributed by atoms with E-state index in [2.05, 4.69) is 10.3 Å². The molecule has 7 heteroatoms. The summed E-state index contributed by atoms with van der Waals surface area (Å²) in [6.45, 7) is 3.17. The van der Waals surface area contributed by atoms with Gasteiger partial charge in [0.2, 0.25) is 5.91 Å². The lowest BCUT2D eigenvalue weighted by atomic mass is 10.2. The molecule has 2 aromatic carbocycles. The van der Waals surface area contributed by atoms with Crippen molar-refractivity contribution in [3.8, 4) is 0 Å². The van der Waals surface area contributed by atoms with Gasteiger partial charge in [0, 0.05) is 24.5 Å². The Balaban J connectivity index is 1.69.